The Morgan fingerprint density at radius 2 is 2.30 bits per heavy atom. The third kappa shape index (κ3) is 1.69. The molecule has 0 aliphatic heterocycles. The zero-order chi connectivity index (χ0) is 7.40. The van der Waals surface area contributed by atoms with E-state index in [2.05, 4.69) is 0 Å². The van der Waals surface area contributed by atoms with E-state index in [1.165, 1.54) is 6.42 Å². The van der Waals surface area contributed by atoms with Crippen molar-refractivity contribution in [1.29, 1.82) is 0 Å². The van der Waals surface area contributed by atoms with Crippen LogP contribution in [0.1, 0.15) is 32.6 Å². The summed E-state index contributed by atoms with van der Waals surface area (Å²) >= 11 is 0. The first-order valence-electron chi connectivity index (χ1n) is 4.00. The van der Waals surface area contributed by atoms with Gasteiger partial charge in [-0.2, -0.15) is 0 Å². The molecule has 1 atom stereocenters. The van der Waals surface area contributed by atoms with Gasteiger partial charge in [0.1, 0.15) is 5.78 Å². The second-order valence-corrected chi connectivity index (χ2v) is 2.84. The van der Waals surface area contributed by atoms with Crippen LogP contribution in [-0.4, -0.2) is 5.78 Å². The van der Waals surface area contributed by atoms with Gasteiger partial charge >= 0.3 is 0 Å². The van der Waals surface area contributed by atoms with E-state index in [0.717, 1.165) is 19.3 Å². The van der Waals surface area contributed by atoms with Gasteiger partial charge in [-0.1, -0.05) is 18.6 Å². The molecule has 1 fully saturated rings. The molecule has 0 aromatic heterocycles. The minimum atomic E-state index is 0.249. The normalized spacial score (nSPS) is 27.7. The highest BCUT2D eigenvalue weighted by atomic mass is 16.1. The molecule has 0 saturated heterocycles. The van der Waals surface area contributed by atoms with Crippen LogP contribution in [0.15, 0.2) is 12.2 Å². The molecule has 0 N–H and O–H groups in total. The minimum Gasteiger partial charge on any atom is -0.299 e. The highest BCUT2D eigenvalue weighted by Crippen LogP contribution is 2.21. The van der Waals surface area contributed by atoms with Gasteiger partial charge < -0.3 is 0 Å². The number of ketones is 1. The molecule has 1 nitrogen and oxygen atoms in total. The van der Waals surface area contributed by atoms with Gasteiger partial charge in [-0.05, 0) is 19.8 Å². The van der Waals surface area contributed by atoms with Crippen molar-refractivity contribution < 1.29 is 4.79 Å². The number of carbonyl (C=O) groups is 1. The smallest absolute Gasteiger partial charge is 0.139 e. The second-order valence-electron chi connectivity index (χ2n) is 2.84. The maximum atomic E-state index is 11.1. The zero-order valence-corrected chi connectivity index (χ0v) is 6.47. The zero-order valence-electron chi connectivity index (χ0n) is 6.47. The molecule has 1 unspecified atom stereocenters. The fourth-order valence-electron chi connectivity index (χ4n) is 1.45. The van der Waals surface area contributed by atoms with Crippen molar-refractivity contribution in [3.63, 3.8) is 0 Å². The van der Waals surface area contributed by atoms with Crippen molar-refractivity contribution in [3.05, 3.63) is 12.2 Å². The molecule has 1 saturated carbocycles. The van der Waals surface area contributed by atoms with Crippen molar-refractivity contribution in [2.24, 2.45) is 5.92 Å². The minimum absolute atomic E-state index is 0.249. The molecule has 1 heteroatoms. The lowest BCUT2D eigenvalue weighted by Crippen LogP contribution is -2.16. The summed E-state index contributed by atoms with van der Waals surface area (Å²) in [6, 6.07) is 0. The van der Waals surface area contributed by atoms with Crippen LogP contribution in [0.4, 0.5) is 0 Å². The van der Waals surface area contributed by atoms with Crippen molar-refractivity contribution in [2.45, 2.75) is 32.6 Å². The Bertz CT molecular complexity index is 147. The van der Waals surface area contributed by atoms with Gasteiger partial charge in [0.15, 0.2) is 0 Å². The Balaban J connectivity index is 2.48. The molecular formula is C9H14O. The summed E-state index contributed by atoms with van der Waals surface area (Å²) in [5, 5.41) is 0. The maximum absolute atomic E-state index is 11.1. The first kappa shape index (κ1) is 7.52. The Morgan fingerprint density at radius 1 is 1.50 bits per heavy atom. The first-order valence-corrected chi connectivity index (χ1v) is 4.00. The van der Waals surface area contributed by atoms with Gasteiger partial charge in [0, 0.05) is 12.3 Å². The van der Waals surface area contributed by atoms with Crippen LogP contribution in [0.25, 0.3) is 0 Å². The van der Waals surface area contributed by atoms with Crippen LogP contribution < -0.4 is 0 Å². The SMILES string of the molecule is CC=CC1CCCCC1=O. The summed E-state index contributed by atoms with van der Waals surface area (Å²) < 4.78 is 0. The molecule has 10 heavy (non-hydrogen) atoms. The quantitative estimate of drug-likeness (QED) is 0.508. The van der Waals surface area contributed by atoms with Gasteiger partial charge in [-0.25, -0.2) is 0 Å². The van der Waals surface area contributed by atoms with E-state index < -0.39 is 0 Å². The monoisotopic (exact) mass is 138 g/mol. The van der Waals surface area contributed by atoms with Gasteiger partial charge in [0.25, 0.3) is 0 Å². The maximum Gasteiger partial charge on any atom is 0.139 e. The molecule has 0 amide bonds. The summed E-state index contributed by atoms with van der Waals surface area (Å²) in [5.74, 6) is 0.683. The van der Waals surface area contributed by atoms with Crippen LogP contribution >= 0.6 is 0 Å². The molecular weight excluding hydrogens is 124 g/mol. The average Bonchev–Trinajstić information content (AvgIpc) is 1.94. The summed E-state index contributed by atoms with van der Waals surface area (Å²) in [5.41, 5.74) is 0. The van der Waals surface area contributed by atoms with Crippen molar-refractivity contribution >= 4 is 5.78 Å². The summed E-state index contributed by atoms with van der Waals surface area (Å²) in [4.78, 5) is 11.1. The molecule has 0 heterocycles. The summed E-state index contributed by atoms with van der Waals surface area (Å²) in [6.07, 6.45) is 8.21. The lowest BCUT2D eigenvalue weighted by Gasteiger charge is -2.16. The van der Waals surface area contributed by atoms with Gasteiger partial charge in [-0.3, -0.25) is 4.79 Å². The Hall–Kier alpha value is -0.590. The second kappa shape index (κ2) is 3.55. The van der Waals surface area contributed by atoms with Gasteiger partial charge in [0.05, 0.1) is 0 Å². The van der Waals surface area contributed by atoms with E-state index in [4.69, 9.17) is 0 Å². The van der Waals surface area contributed by atoms with Crippen LogP contribution in [-0.2, 0) is 4.79 Å². The molecule has 1 rings (SSSR count). The number of carbonyl (C=O) groups excluding carboxylic acids is 1. The standard InChI is InChI=1S/C9H14O/c1-2-5-8-6-3-4-7-9(8)10/h2,5,8H,3-4,6-7H2,1H3. The molecule has 1 aliphatic rings. The van der Waals surface area contributed by atoms with E-state index in [9.17, 15) is 4.79 Å². The van der Waals surface area contributed by atoms with Crippen molar-refractivity contribution in [1.82, 2.24) is 0 Å². The average molecular weight is 138 g/mol. The number of allylic oxidation sites excluding steroid dienone is 2. The summed E-state index contributed by atoms with van der Waals surface area (Å²) in [7, 11) is 0. The van der Waals surface area contributed by atoms with Crippen LogP contribution in [0, 0.1) is 5.92 Å². The lowest BCUT2D eigenvalue weighted by atomic mass is 9.88. The molecule has 56 valence electrons. The van der Waals surface area contributed by atoms with Crippen LogP contribution in [0.2, 0.25) is 0 Å². The first-order chi connectivity index (χ1) is 4.84. The van der Waals surface area contributed by atoms with E-state index in [1.807, 2.05) is 19.1 Å². The van der Waals surface area contributed by atoms with Crippen LogP contribution in [0.3, 0.4) is 0 Å². The topological polar surface area (TPSA) is 17.1 Å². The van der Waals surface area contributed by atoms with Crippen LogP contribution in [0.5, 0.6) is 0 Å². The number of rotatable bonds is 1. The van der Waals surface area contributed by atoms with Crippen molar-refractivity contribution in [3.8, 4) is 0 Å². The predicted molar refractivity (Wildman–Crippen MR) is 41.8 cm³/mol. The molecule has 0 aromatic carbocycles. The summed E-state index contributed by atoms with van der Waals surface area (Å²) in [6.45, 7) is 1.97. The molecule has 0 bridgehead atoms. The highest BCUT2D eigenvalue weighted by Gasteiger charge is 2.18. The third-order valence-electron chi connectivity index (χ3n) is 2.03. The largest absolute Gasteiger partial charge is 0.299 e. The van der Waals surface area contributed by atoms with Gasteiger partial charge in [0.2, 0.25) is 0 Å². The Kier molecular flexibility index (Phi) is 2.67. The molecule has 0 aromatic rings. The lowest BCUT2D eigenvalue weighted by molar-refractivity contribution is -0.122. The predicted octanol–water partition coefficient (Wildman–Crippen LogP) is 2.32. The fourth-order valence-corrected chi connectivity index (χ4v) is 1.45. The van der Waals surface area contributed by atoms with Gasteiger partial charge in [-0.15, -0.1) is 0 Å². The third-order valence-corrected chi connectivity index (χ3v) is 2.03. The number of hydrogen-bond acceptors (Lipinski definition) is 1. The van der Waals surface area contributed by atoms with E-state index >= 15 is 0 Å². The molecule has 0 spiro atoms. The van der Waals surface area contributed by atoms with E-state index in [1.54, 1.807) is 0 Å². The molecule has 1 aliphatic carbocycles. The number of hydrogen-bond donors (Lipinski definition) is 0. The van der Waals surface area contributed by atoms with E-state index in [0.29, 0.717) is 5.78 Å². The number of Topliss-reactive ketones (excluding diaryl/α,β-unsaturated/α-hetero) is 1. The fraction of sp³-hybridized carbons (Fsp3) is 0.667. The van der Waals surface area contributed by atoms with E-state index in [-0.39, 0.29) is 5.92 Å². The molecule has 0 radical (unpaired) electrons. The van der Waals surface area contributed by atoms with Crippen molar-refractivity contribution in [2.75, 3.05) is 0 Å². The Morgan fingerprint density at radius 3 is 2.90 bits per heavy atom. The highest BCUT2D eigenvalue weighted by molar-refractivity contribution is 5.83. The Labute approximate surface area is 62.1 Å².